The van der Waals surface area contributed by atoms with Crippen LogP contribution in [0.3, 0.4) is 0 Å². The zero-order valence-corrected chi connectivity index (χ0v) is 15.5. The van der Waals surface area contributed by atoms with Crippen LogP contribution in [-0.2, 0) is 6.54 Å². The molecule has 5 nitrogen and oxygen atoms in total. The number of amides is 1. The van der Waals surface area contributed by atoms with Crippen LogP contribution in [0.1, 0.15) is 37.0 Å². The van der Waals surface area contributed by atoms with Crippen LogP contribution in [0.15, 0.2) is 47.8 Å². The summed E-state index contributed by atoms with van der Waals surface area (Å²) in [5.74, 6) is -0.0453. The molecule has 0 aliphatic heterocycles. The van der Waals surface area contributed by atoms with Crippen molar-refractivity contribution in [3.8, 4) is 5.75 Å². The minimum absolute atomic E-state index is 0.0563. The first-order valence-corrected chi connectivity index (χ1v) is 9.08. The predicted octanol–water partition coefficient (Wildman–Crippen LogP) is 3.58. The normalized spacial score (nSPS) is 10.7. The quantitative estimate of drug-likeness (QED) is 0.648. The number of Topliss-reactive ketones (excluding diaryl/α,β-unsaturated/α-hetero) is 1. The molecule has 0 bridgehead atoms. The molecule has 2 N–H and O–H groups in total. The zero-order chi connectivity index (χ0) is 18.7. The summed E-state index contributed by atoms with van der Waals surface area (Å²) in [5.41, 5.74) is 8.27. The molecule has 0 unspecified atom stereocenters. The smallest absolute Gasteiger partial charge is 0.248 e. The number of hydrogen-bond acceptors (Lipinski definition) is 4. The largest absolute Gasteiger partial charge is 0.485 e. The van der Waals surface area contributed by atoms with E-state index < -0.39 is 5.91 Å². The van der Waals surface area contributed by atoms with Crippen LogP contribution in [0.5, 0.6) is 5.75 Å². The van der Waals surface area contributed by atoms with Crippen LogP contribution in [0, 0.1) is 13.8 Å². The fourth-order valence-electron chi connectivity index (χ4n) is 2.83. The monoisotopic (exact) mass is 368 g/mol. The van der Waals surface area contributed by atoms with Gasteiger partial charge in [-0.15, -0.1) is 11.3 Å². The summed E-state index contributed by atoms with van der Waals surface area (Å²) < 4.78 is 7.70. The highest BCUT2D eigenvalue weighted by molar-refractivity contribution is 7.09. The van der Waals surface area contributed by atoms with Gasteiger partial charge in [-0.2, -0.15) is 0 Å². The molecule has 26 heavy (non-hydrogen) atoms. The van der Waals surface area contributed by atoms with E-state index in [-0.39, 0.29) is 12.4 Å². The Hall–Kier alpha value is -2.86. The standard InChI is InChI=1S/C20H20N2O3S/c1-13-10-18(14(2)22(13)11-17-4-3-9-26-17)19(23)12-25-16-7-5-15(6-8-16)20(21)24/h3-10H,11-12H2,1-2H3,(H2,21,24). The minimum Gasteiger partial charge on any atom is -0.485 e. The molecule has 2 heterocycles. The van der Waals surface area contributed by atoms with Crippen molar-refractivity contribution in [1.82, 2.24) is 4.57 Å². The Morgan fingerprint density at radius 3 is 2.50 bits per heavy atom. The summed E-state index contributed by atoms with van der Waals surface area (Å²) >= 11 is 1.70. The van der Waals surface area contributed by atoms with Gasteiger partial charge in [-0.3, -0.25) is 9.59 Å². The van der Waals surface area contributed by atoms with E-state index in [1.54, 1.807) is 35.6 Å². The maximum absolute atomic E-state index is 12.6. The van der Waals surface area contributed by atoms with Crippen molar-refractivity contribution in [2.75, 3.05) is 6.61 Å². The second kappa shape index (κ2) is 7.58. The van der Waals surface area contributed by atoms with Crippen LogP contribution >= 0.6 is 11.3 Å². The molecule has 0 aliphatic carbocycles. The first-order chi connectivity index (χ1) is 12.5. The lowest BCUT2D eigenvalue weighted by molar-refractivity contribution is 0.0919. The van der Waals surface area contributed by atoms with E-state index in [9.17, 15) is 9.59 Å². The third-order valence-electron chi connectivity index (χ3n) is 4.28. The number of rotatable bonds is 7. The van der Waals surface area contributed by atoms with Gasteiger partial charge >= 0.3 is 0 Å². The Morgan fingerprint density at radius 2 is 1.88 bits per heavy atom. The average molecular weight is 368 g/mol. The van der Waals surface area contributed by atoms with Gasteiger partial charge in [0.05, 0.1) is 6.54 Å². The molecular formula is C20H20N2O3S. The highest BCUT2D eigenvalue weighted by Gasteiger charge is 2.16. The topological polar surface area (TPSA) is 74.3 Å². The number of aryl methyl sites for hydroxylation is 1. The predicted molar refractivity (Wildman–Crippen MR) is 102 cm³/mol. The molecule has 6 heteroatoms. The third-order valence-corrected chi connectivity index (χ3v) is 5.14. The fraction of sp³-hybridized carbons (Fsp3) is 0.200. The third kappa shape index (κ3) is 3.86. The molecule has 0 saturated heterocycles. The van der Waals surface area contributed by atoms with Crippen LogP contribution < -0.4 is 10.5 Å². The van der Waals surface area contributed by atoms with Crippen LogP contribution in [0.2, 0.25) is 0 Å². The van der Waals surface area contributed by atoms with Gasteiger partial charge in [0.1, 0.15) is 5.75 Å². The van der Waals surface area contributed by atoms with E-state index in [0.717, 1.165) is 17.9 Å². The van der Waals surface area contributed by atoms with Crippen LogP contribution in [0.4, 0.5) is 0 Å². The second-order valence-corrected chi connectivity index (χ2v) is 7.08. The first kappa shape index (κ1) is 17.9. The number of carbonyl (C=O) groups is 2. The van der Waals surface area contributed by atoms with Crippen LogP contribution in [-0.4, -0.2) is 22.9 Å². The Balaban J connectivity index is 1.69. The maximum atomic E-state index is 12.6. The van der Waals surface area contributed by atoms with E-state index in [1.165, 1.54) is 4.88 Å². The second-order valence-electron chi connectivity index (χ2n) is 6.05. The van der Waals surface area contributed by atoms with E-state index >= 15 is 0 Å². The van der Waals surface area contributed by atoms with Crippen molar-refractivity contribution in [2.45, 2.75) is 20.4 Å². The fourth-order valence-corrected chi connectivity index (χ4v) is 3.52. The number of hydrogen-bond donors (Lipinski definition) is 1. The summed E-state index contributed by atoms with van der Waals surface area (Å²) in [4.78, 5) is 24.9. The Kier molecular flexibility index (Phi) is 5.23. The number of benzene rings is 1. The molecule has 0 radical (unpaired) electrons. The van der Waals surface area contributed by atoms with Gasteiger partial charge in [-0.25, -0.2) is 0 Å². The Labute approximate surface area is 156 Å². The molecule has 134 valence electrons. The number of thiophene rings is 1. The summed E-state index contributed by atoms with van der Waals surface area (Å²) in [6, 6.07) is 12.4. The van der Waals surface area contributed by atoms with Gasteiger partial charge in [0.2, 0.25) is 11.7 Å². The number of primary amides is 1. The number of aromatic nitrogens is 1. The van der Waals surface area contributed by atoms with Gasteiger partial charge in [-0.05, 0) is 55.6 Å². The molecule has 3 rings (SSSR count). The van der Waals surface area contributed by atoms with Crippen LogP contribution in [0.25, 0.3) is 0 Å². The van der Waals surface area contributed by atoms with Gasteiger partial charge in [-0.1, -0.05) is 6.07 Å². The van der Waals surface area contributed by atoms with E-state index in [4.69, 9.17) is 10.5 Å². The zero-order valence-electron chi connectivity index (χ0n) is 14.7. The average Bonchev–Trinajstić information content (AvgIpc) is 3.24. The van der Waals surface area contributed by atoms with E-state index in [1.807, 2.05) is 31.4 Å². The lowest BCUT2D eigenvalue weighted by Crippen LogP contribution is -2.13. The number of nitrogens with two attached hydrogens (primary N) is 1. The summed E-state index contributed by atoms with van der Waals surface area (Å²) in [5, 5.41) is 2.05. The molecule has 0 spiro atoms. The molecule has 2 aromatic heterocycles. The van der Waals surface area contributed by atoms with Gasteiger partial charge in [0.15, 0.2) is 6.61 Å². The minimum atomic E-state index is -0.495. The number of carbonyl (C=O) groups excluding carboxylic acids is 2. The van der Waals surface area contributed by atoms with Crippen molar-refractivity contribution in [1.29, 1.82) is 0 Å². The molecule has 0 aliphatic rings. The maximum Gasteiger partial charge on any atom is 0.248 e. The molecule has 0 atom stereocenters. The molecule has 0 saturated carbocycles. The van der Waals surface area contributed by atoms with Crippen molar-refractivity contribution in [2.24, 2.45) is 5.73 Å². The lowest BCUT2D eigenvalue weighted by Gasteiger charge is -2.09. The molecule has 1 amide bonds. The number of nitrogens with zero attached hydrogens (tertiary/aromatic N) is 1. The van der Waals surface area contributed by atoms with Gasteiger partial charge in [0, 0.05) is 27.4 Å². The summed E-state index contributed by atoms with van der Waals surface area (Å²) in [6.07, 6.45) is 0. The summed E-state index contributed by atoms with van der Waals surface area (Å²) in [7, 11) is 0. The molecule has 3 aromatic rings. The molecular weight excluding hydrogens is 348 g/mol. The first-order valence-electron chi connectivity index (χ1n) is 8.20. The highest BCUT2D eigenvalue weighted by atomic mass is 32.1. The van der Waals surface area contributed by atoms with Gasteiger partial charge < -0.3 is 15.0 Å². The SMILES string of the molecule is Cc1cc(C(=O)COc2ccc(C(N)=O)cc2)c(C)n1Cc1cccs1. The van der Waals surface area contributed by atoms with Crippen molar-refractivity contribution in [3.05, 3.63) is 75.2 Å². The van der Waals surface area contributed by atoms with Crippen molar-refractivity contribution in [3.63, 3.8) is 0 Å². The van der Waals surface area contributed by atoms with E-state index in [0.29, 0.717) is 16.9 Å². The Morgan fingerprint density at radius 1 is 1.15 bits per heavy atom. The summed E-state index contributed by atoms with van der Waals surface area (Å²) in [6.45, 7) is 4.66. The van der Waals surface area contributed by atoms with E-state index in [2.05, 4.69) is 10.6 Å². The Bertz CT molecular complexity index is 925. The molecule has 1 aromatic carbocycles. The van der Waals surface area contributed by atoms with Gasteiger partial charge in [0.25, 0.3) is 0 Å². The number of ketones is 1. The van der Waals surface area contributed by atoms with Crippen molar-refractivity contribution < 1.29 is 14.3 Å². The molecule has 0 fully saturated rings. The number of ether oxygens (including phenoxy) is 1. The highest BCUT2D eigenvalue weighted by Crippen LogP contribution is 2.20. The van der Waals surface area contributed by atoms with Crippen molar-refractivity contribution >= 4 is 23.0 Å². The lowest BCUT2D eigenvalue weighted by atomic mass is 10.1.